The molecule has 0 radical (unpaired) electrons. The molecule has 4 rings (SSSR count). The molecule has 1 aliphatic rings. The number of hydrogen-bond acceptors (Lipinski definition) is 5. The van der Waals surface area contributed by atoms with Crippen molar-refractivity contribution in [2.24, 2.45) is 7.05 Å². The topological polar surface area (TPSA) is 65.8 Å². The number of aromatic carboxylic acids is 1. The van der Waals surface area contributed by atoms with Crippen LogP contribution in [-0.2, 0) is 13.2 Å². The van der Waals surface area contributed by atoms with Crippen molar-refractivity contribution in [2.75, 3.05) is 42.2 Å². The fourth-order valence-corrected chi connectivity index (χ4v) is 5.04. The normalized spacial score (nSPS) is 14.6. The molecule has 0 unspecified atom stereocenters. The molecule has 1 aromatic heterocycles. The maximum Gasteiger partial charge on any atom is 0.420 e. The maximum atomic E-state index is 15.2. The maximum absolute atomic E-state index is 15.2. The van der Waals surface area contributed by atoms with Gasteiger partial charge in [0.1, 0.15) is 16.9 Å². The van der Waals surface area contributed by atoms with Gasteiger partial charge in [0.05, 0.1) is 22.3 Å². The van der Waals surface area contributed by atoms with Crippen molar-refractivity contribution in [2.45, 2.75) is 11.1 Å². The summed E-state index contributed by atoms with van der Waals surface area (Å²) in [4.78, 5) is 28.3. The van der Waals surface area contributed by atoms with Crippen LogP contribution in [-0.4, -0.2) is 48.1 Å². The molecule has 3 aromatic rings. The standard InChI is InChI=1S/C23H21F4N3O3S/c1-28-12-14(22(32)33)21(31)13-11-15(24)20(18(19(13)28)23(25,26)27)30-9-7-29(8-10-30)16-5-3-4-6-17(16)34-2/h3-6,11-12H,7-10H2,1-2H3,(H,32,33). The van der Waals surface area contributed by atoms with Gasteiger partial charge in [0, 0.05) is 44.3 Å². The molecule has 34 heavy (non-hydrogen) atoms. The molecule has 11 heteroatoms. The zero-order valence-electron chi connectivity index (χ0n) is 18.3. The number of carbonyl (C=O) groups is 1. The van der Waals surface area contributed by atoms with Crippen molar-refractivity contribution < 1.29 is 27.5 Å². The van der Waals surface area contributed by atoms with Crippen LogP contribution in [0.25, 0.3) is 10.9 Å². The summed E-state index contributed by atoms with van der Waals surface area (Å²) < 4.78 is 59.0. The first kappa shape index (κ1) is 23.9. The van der Waals surface area contributed by atoms with Crippen LogP contribution in [0.4, 0.5) is 28.9 Å². The first-order valence-corrected chi connectivity index (χ1v) is 11.6. The average molecular weight is 495 g/mol. The lowest BCUT2D eigenvalue weighted by Gasteiger charge is -2.39. The Hall–Kier alpha value is -3.21. The van der Waals surface area contributed by atoms with E-state index < -0.39 is 51.1 Å². The summed E-state index contributed by atoms with van der Waals surface area (Å²) in [5.41, 5.74) is -3.37. The molecule has 0 amide bonds. The minimum atomic E-state index is -4.98. The SMILES string of the molecule is CSc1ccccc1N1CCN(c2c(F)cc3c(=O)c(C(=O)O)cn(C)c3c2C(F)(F)F)CC1. The van der Waals surface area contributed by atoms with Crippen molar-refractivity contribution in [1.82, 2.24) is 4.57 Å². The Labute approximate surface area is 196 Å². The summed E-state index contributed by atoms with van der Waals surface area (Å²) in [6, 6.07) is 8.41. The predicted octanol–water partition coefficient (Wildman–Crippen LogP) is 4.44. The number of aryl methyl sites for hydroxylation is 1. The highest BCUT2D eigenvalue weighted by atomic mass is 32.2. The predicted molar refractivity (Wildman–Crippen MR) is 124 cm³/mol. The van der Waals surface area contributed by atoms with E-state index in [1.54, 1.807) is 11.8 Å². The van der Waals surface area contributed by atoms with Gasteiger partial charge in [0.25, 0.3) is 0 Å². The van der Waals surface area contributed by atoms with Gasteiger partial charge in [-0.15, -0.1) is 11.8 Å². The van der Waals surface area contributed by atoms with Crippen molar-refractivity contribution in [1.29, 1.82) is 0 Å². The zero-order chi connectivity index (χ0) is 24.8. The number of anilines is 2. The van der Waals surface area contributed by atoms with E-state index in [1.165, 1.54) is 11.9 Å². The molecule has 0 spiro atoms. The van der Waals surface area contributed by atoms with Crippen LogP contribution in [0.1, 0.15) is 15.9 Å². The third kappa shape index (κ3) is 4.08. The number of carboxylic acids is 1. The smallest absolute Gasteiger partial charge is 0.420 e. The summed E-state index contributed by atoms with van der Waals surface area (Å²) in [5.74, 6) is -2.81. The van der Waals surface area contributed by atoms with E-state index in [0.717, 1.165) is 21.3 Å². The number of thioether (sulfide) groups is 1. The summed E-state index contributed by atoms with van der Waals surface area (Å²) in [6.07, 6.45) is -2.20. The number of piperazine rings is 1. The molecule has 6 nitrogen and oxygen atoms in total. The number of para-hydroxylation sites is 1. The zero-order valence-corrected chi connectivity index (χ0v) is 19.1. The molecule has 0 aliphatic carbocycles. The fourth-order valence-electron chi connectivity index (χ4n) is 4.42. The third-order valence-electron chi connectivity index (χ3n) is 5.93. The minimum Gasteiger partial charge on any atom is -0.477 e. The lowest BCUT2D eigenvalue weighted by atomic mass is 10.0. The van der Waals surface area contributed by atoms with Crippen LogP contribution in [0.3, 0.4) is 0 Å². The van der Waals surface area contributed by atoms with E-state index in [-0.39, 0.29) is 13.1 Å². The first-order valence-electron chi connectivity index (χ1n) is 10.3. The molecule has 0 atom stereocenters. The van der Waals surface area contributed by atoms with E-state index >= 15 is 4.39 Å². The van der Waals surface area contributed by atoms with E-state index in [1.807, 2.05) is 35.4 Å². The van der Waals surface area contributed by atoms with Crippen LogP contribution < -0.4 is 15.2 Å². The molecule has 2 heterocycles. The second-order valence-corrected chi connectivity index (χ2v) is 8.76. The van der Waals surface area contributed by atoms with Crippen LogP contribution in [0, 0.1) is 5.82 Å². The first-order chi connectivity index (χ1) is 16.0. The number of benzene rings is 2. The number of nitrogens with zero attached hydrogens (tertiary/aromatic N) is 3. The quantitative estimate of drug-likeness (QED) is 0.427. The Morgan fingerprint density at radius 2 is 1.71 bits per heavy atom. The number of fused-ring (bicyclic) bond motifs is 1. The largest absolute Gasteiger partial charge is 0.477 e. The molecular formula is C23H21F4N3O3S. The highest BCUT2D eigenvalue weighted by Gasteiger charge is 2.41. The van der Waals surface area contributed by atoms with Crippen molar-refractivity contribution in [3.05, 3.63) is 63.7 Å². The van der Waals surface area contributed by atoms with E-state index in [9.17, 15) is 27.9 Å². The van der Waals surface area contributed by atoms with Gasteiger partial charge in [-0.3, -0.25) is 4.79 Å². The number of rotatable bonds is 4. The van der Waals surface area contributed by atoms with Crippen molar-refractivity contribution in [3.8, 4) is 0 Å². The Morgan fingerprint density at radius 3 is 2.29 bits per heavy atom. The minimum absolute atomic E-state index is 0.134. The fraction of sp³-hybridized carbons (Fsp3) is 0.304. The van der Waals surface area contributed by atoms with Gasteiger partial charge in [-0.25, -0.2) is 9.18 Å². The molecule has 180 valence electrons. The van der Waals surface area contributed by atoms with Gasteiger partial charge < -0.3 is 19.5 Å². The number of pyridine rings is 1. The van der Waals surface area contributed by atoms with Crippen molar-refractivity contribution in [3.63, 3.8) is 0 Å². The Balaban J connectivity index is 1.81. The number of hydrogen-bond donors (Lipinski definition) is 1. The molecular weight excluding hydrogens is 474 g/mol. The van der Waals surface area contributed by atoms with Crippen molar-refractivity contribution >= 4 is 40.0 Å². The molecule has 1 fully saturated rings. The van der Waals surface area contributed by atoms with E-state index in [2.05, 4.69) is 0 Å². The van der Waals surface area contributed by atoms with Gasteiger partial charge in [0.2, 0.25) is 5.43 Å². The lowest BCUT2D eigenvalue weighted by molar-refractivity contribution is -0.136. The second-order valence-electron chi connectivity index (χ2n) is 7.91. The highest BCUT2D eigenvalue weighted by molar-refractivity contribution is 7.98. The van der Waals surface area contributed by atoms with Gasteiger partial charge in [-0.2, -0.15) is 13.2 Å². The monoisotopic (exact) mass is 495 g/mol. The Bertz CT molecular complexity index is 1330. The van der Waals surface area contributed by atoms with Crippen LogP contribution in [0.15, 0.2) is 46.2 Å². The molecule has 0 saturated carbocycles. The summed E-state index contributed by atoms with van der Waals surface area (Å²) in [5, 5.41) is 8.60. The Morgan fingerprint density at radius 1 is 1.09 bits per heavy atom. The third-order valence-corrected chi connectivity index (χ3v) is 6.71. The molecule has 1 N–H and O–H groups in total. The van der Waals surface area contributed by atoms with E-state index in [0.29, 0.717) is 19.2 Å². The summed E-state index contributed by atoms with van der Waals surface area (Å²) in [6.45, 7) is 1.03. The van der Waals surface area contributed by atoms with Crippen LogP contribution in [0.2, 0.25) is 0 Å². The Kier molecular flexibility index (Phi) is 6.24. The van der Waals surface area contributed by atoms with Gasteiger partial charge in [-0.1, -0.05) is 12.1 Å². The molecule has 1 aliphatic heterocycles. The number of carboxylic acid groups (broad SMARTS) is 1. The van der Waals surface area contributed by atoms with Crippen LogP contribution >= 0.6 is 11.8 Å². The molecule has 0 bridgehead atoms. The second kappa shape index (κ2) is 8.86. The average Bonchev–Trinajstić information content (AvgIpc) is 2.80. The van der Waals surface area contributed by atoms with Gasteiger partial charge in [0.15, 0.2) is 0 Å². The lowest BCUT2D eigenvalue weighted by Crippen LogP contribution is -2.47. The number of halogens is 4. The highest BCUT2D eigenvalue weighted by Crippen LogP contribution is 2.43. The molecule has 2 aromatic carbocycles. The van der Waals surface area contributed by atoms with E-state index in [4.69, 9.17) is 0 Å². The van der Waals surface area contributed by atoms with Gasteiger partial charge in [-0.05, 0) is 24.5 Å². The summed E-state index contributed by atoms with van der Waals surface area (Å²) >= 11 is 1.56. The molecule has 1 saturated heterocycles. The number of aromatic nitrogens is 1. The van der Waals surface area contributed by atoms with Crippen LogP contribution in [0.5, 0.6) is 0 Å². The number of alkyl halides is 3. The van der Waals surface area contributed by atoms with Gasteiger partial charge >= 0.3 is 12.1 Å². The summed E-state index contributed by atoms with van der Waals surface area (Å²) in [7, 11) is 1.21.